The molecule has 0 bridgehead atoms. The number of carbonyl (C=O) groups excluding carboxylic acids is 1. The van der Waals surface area contributed by atoms with Gasteiger partial charge in [0.2, 0.25) is 5.91 Å². The summed E-state index contributed by atoms with van der Waals surface area (Å²) in [6, 6.07) is 0. The van der Waals surface area contributed by atoms with Crippen LogP contribution in [-0.2, 0) is 24.8 Å². The van der Waals surface area contributed by atoms with Crippen molar-refractivity contribution < 1.29 is 4.79 Å². The molecule has 0 radical (unpaired) electrons. The minimum atomic E-state index is -0.115. The molecule has 0 aliphatic carbocycles. The molecule has 0 atom stereocenters. The number of hydrogen-bond donors (Lipinski definition) is 1. The minimum absolute atomic E-state index is 0.101. The minimum Gasteiger partial charge on any atom is -0.356 e. The van der Waals surface area contributed by atoms with E-state index in [1.807, 2.05) is 17.7 Å². The summed E-state index contributed by atoms with van der Waals surface area (Å²) in [6.45, 7) is 6.81. The standard InChI is InChI=1S/C16H23N5O2/c1-11-14(19-13(3)20(4)16(11)23)10-15(22)18-6-5-8-21-9-7-17-12(21)2/h7,9H,5-6,8,10H2,1-4H3,(H,18,22). The molecule has 23 heavy (non-hydrogen) atoms. The van der Waals surface area contributed by atoms with E-state index in [1.165, 1.54) is 4.57 Å². The van der Waals surface area contributed by atoms with Gasteiger partial charge in [-0.3, -0.25) is 14.2 Å². The Bertz CT molecular complexity index is 760. The summed E-state index contributed by atoms with van der Waals surface area (Å²) in [5.74, 6) is 1.46. The quantitative estimate of drug-likeness (QED) is 0.793. The Hall–Kier alpha value is -2.44. The number of nitrogens with one attached hydrogen (secondary N) is 1. The van der Waals surface area contributed by atoms with E-state index in [0.717, 1.165) is 18.8 Å². The molecule has 0 aromatic carbocycles. The third kappa shape index (κ3) is 4.06. The molecule has 1 N–H and O–H groups in total. The molecular weight excluding hydrogens is 294 g/mol. The van der Waals surface area contributed by atoms with Crippen LogP contribution in [0.5, 0.6) is 0 Å². The Morgan fingerprint density at radius 3 is 2.65 bits per heavy atom. The number of carbonyl (C=O) groups is 1. The normalized spacial score (nSPS) is 10.8. The Balaban J connectivity index is 1.86. The first kappa shape index (κ1) is 16.9. The Kier molecular flexibility index (Phi) is 5.31. The van der Waals surface area contributed by atoms with E-state index < -0.39 is 0 Å². The Labute approximate surface area is 135 Å². The average Bonchev–Trinajstić information content (AvgIpc) is 2.92. The summed E-state index contributed by atoms with van der Waals surface area (Å²) < 4.78 is 3.53. The Morgan fingerprint density at radius 2 is 2.00 bits per heavy atom. The van der Waals surface area contributed by atoms with Gasteiger partial charge in [0, 0.05) is 38.1 Å². The highest BCUT2D eigenvalue weighted by Gasteiger charge is 2.12. The van der Waals surface area contributed by atoms with Gasteiger partial charge in [-0.05, 0) is 27.2 Å². The molecule has 2 aromatic rings. The summed E-state index contributed by atoms with van der Waals surface area (Å²) in [4.78, 5) is 32.5. The summed E-state index contributed by atoms with van der Waals surface area (Å²) in [5.41, 5.74) is 0.978. The van der Waals surface area contributed by atoms with E-state index in [-0.39, 0.29) is 17.9 Å². The summed E-state index contributed by atoms with van der Waals surface area (Å²) in [5, 5.41) is 2.87. The van der Waals surface area contributed by atoms with Crippen LogP contribution < -0.4 is 10.9 Å². The van der Waals surface area contributed by atoms with Gasteiger partial charge in [0.05, 0.1) is 12.1 Å². The number of rotatable bonds is 6. The fourth-order valence-electron chi connectivity index (χ4n) is 2.38. The third-order valence-corrected chi connectivity index (χ3v) is 3.99. The van der Waals surface area contributed by atoms with Crippen molar-refractivity contribution in [3.63, 3.8) is 0 Å². The monoisotopic (exact) mass is 317 g/mol. The predicted octanol–water partition coefficient (Wildman–Crippen LogP) is 0.651. The third-order valence-electron chi connectivity index (χ3n) is 3.99. The van der Waals surface area contributed by atoms with Crippen LogP contribution >= 0.6 is 0 Å². The fourth-order valence-corrected chi connectivity index (χ4v) is 2.38. The molecular formula is C16H23N5O2. The van der Waals surface area contributed by atoms with Crippen molar-refractivity contribution in [1.82, 2.24) is 24.4 Å². The molecule has 0 aliphatic rings. The highest BCUT2D eigenvalue weighted by Crippen LogP contribution is 2.02. The maximum atomic E-state index is 12.0. The van der Waals surface area contributed by atoms with Crippen molar-refractivity contribution in [1.29, 1.82) is 0 Å². The van der Waals surface area contributed by atoms with Crippen LogP contribution in [0.4, 0.5) is 0 Å². The van der Waals surface area contributed by atoms with Crippen molar-refractivity contribution in [3.05, 3.63) is 45.7 Å². The number of imidazole rings is 1. The molecule has 124 valence electrons. The predicted molar refractivity (Wildman–Crippen MR) is 87.2 cm³/mol. The van der Waals surface area contributed by atoms with Crippen LogP contribution in [0.25, 0.3) is 0 Å². The highest BCUT2D eigenvalue weighted by molar-refractivity contribution is 5.78. The van der Waals surface area contributed by atoms with Gasteiger partial charge in [-0.1, -0.05) is 0 Å². The van der Waals surface area contributed by atoms with E-state index in [9.17, 15) is 9.59 Å². The summed E-state index contributed by atoms with van der Waals surface area (Å²) >= 11 is 0. The van der Waals surface area contributed by atoms with Crippen LogP contribution in [0.3, 0.4) is 0 Å². The molecule has 0 saturated heterocycles. The van der Waals surface area contributed by atoms with Crippen molar-refractivity contribution in [2.75, 3.05) is 6.54 Å². The van der Waals surface area contributed by atoms with Gasteiger partial charge in [0.1, 0.15) is 11.6 Å². The second-order valence-corrected chi connectivity index (χ2v) is 5.64. The largest absolute Gasteiger partial charge is 0.356 e. The molecule has 2 heterocycles. The SMILES string of the molecule is Cc1c(CC(=O)NCCCn2ccnc2C)nc(C)n(C)c1=O. The lowest BCUT2D eigenvalue weighted by Crippen LogP contribution is -2.30. The van der Waals surface area contributed by atoms with Crippen LogP contribution in [0.2, 0.25) is 0 Å². The van der Waals surface area contributed by atoms with Gasteiger partial charge in [0.25, 0.3) is 5.56 Å². The summed E-state index contributed by atoms with van der Waals surface area (Å²) in [6.07, 6.45) is 4.64. The van der Waals surface area contributed by atoms with Crippen LogP contribution in [0.1, 0.15) is 29.3 Å². The second kappa shape index (κ2) is 7.21. The molecule has 7 heteroatoms. The maximum Gasteiger partial charge on any atom is 0.256 e. The number of aromatic nitrogens is 4. The zero-order valence-corrected chi connectivity index (χ0v) is 14.1. The summed E-state index contributed by atoms with van der Waals surface area (Å²) in [7, 11) is 1.68. The molecule has 0 aliphatic heterocycles. The maximum absolute atomic E-state index is 12.0. The molecule has 0 fully saturated rings. The number of amides is 1. The molecule has 2 rings (SSSR count). The van der Waals surface area contributed by atoms with E-state index in [0.29, 0.717) is 23.6 Å². The zero-order chi connectivity index (χ0) is 17.0. The van der Waals surface area contributed by atoms with Gasteiger partial charge in [0.15, 0.2) is 0 Å². The van der Waals surface area contributed by atoms with E-state index >= 15 is 0 Å². The van der Waals surface area contributed by atoms with Gasteiger partial charge >= 0.3 is 0 Å². The van der Waals surface area contributed by atoms with E-state index in [4.69, 9.17) is 0 Å². The second-order valence-electron chi connectivity index (χ2n) is 5.64. The first-order valence-electron chi connectivity index (χ1n) is 7.67. The number of aryl methyl sites for hydroxylation is 3. The van der Waals surface area contributed by atoms with Gasteiger partial charge < -0.3 is 9.88 Å². The van der Waals surface area contributed by atoms with Crippen LogP contribution in [0, 0.1) is 20.8 Å². The smallest absolute Gasteiger partial charge is 0.256 e. The van der Waals surface area contributed by atoms with Crippen molar-refractivity contribution >= 4 is 5.91 Å². The first-order valence-corrected chi connectivity index (χ1v) is 7.67. The number of hydrogen-bond acceptors (Lipinski definition) is 4. The lowest BCUT2D eigenvalue weighted by molar-refractivity contribution is -0.120. The van der Waals surface area contributed by atoms with Crippen molar-refractivity contribution in [2.24, 2.45) is 7.05 Å². The lowest BCUT2D eigenvalue weighted by Gasteiger charge is -2.10. The number of nitrogens with zero attached hydrogens (tertiary/aromatic N) is 4. The zero-order valence-electron chi connectivity index (χ0n) is 14.1. The molecule has 0 unspecified atom stereocenters. The Morgan fingerprint density at radius 1 is 1.26 bits per heavy atom. The van der Waals surface area contributed by atoms with Gasteiger partial charge in [-0.15, -0.1) is 0 Å². The lowest BCUT2D eigenvalue weighted by atomic mass is 10.2. The van der Waals surface area contributed by atoms with Gasteiger partial charge in [-0.2, -0.15) is 0 Å². The van der Waals surface area contributed by atoms with E-state index in [1.54, 1.807) is 27.1 Å². The molecule has 2 aromatic heterocycles. The first-order chi connectivity index (χ1) is 10.9. The van der Waals surface area contributed by atoms with Crippen LogP contribution in [0.15, 0.2) is 17.2 Å². The van der Waals surface area contributed by atoms with E-state index in [2.05, 4.69) is 15.3 Å². The highest BCUT2D eigenvalue weighted by atomic mass is 16.1. The molecule has 0 saturated carbocycles. The molecule has 0 spiro atoms. The van der Waals surface area contributed by atoms with Crippen molar-refractivity contribution in [2.45, 2.75) is 40.2 Å². The average molecular weight is 317 g/mol. The molecule has 1 amide bonds. The van der Waals surface area contributed by atoms with Crippen LogP contribution in [-0.4, -0.2) is 31.6 Å². The van der Waals surface area contributed by atoms with Gasteiger partial charge in [-0.25, -0.2) is 9.97 Å². The fraction of sp³-hybridized carbons (Fsp3) is 0.500. The molecule has 7 nitrogen and oxygen atoms in total. The topological polar surface area (TPSA) is 81.8 Å². The van der Waals surface area contributed by atoms with Crippen molar-refractivity contribution in [3.8, 4) is 0 Å².